The van der Waals surface area contributed by atoms with Gasteiger partial charge in [0.1, 0.15) is 0 Å². The Labute approximate surface area is 112 Å². The minimum absolute atomic E-state index is 0.157. The highest BCUT2D eigenvalue weighted by Crippen LogP contribution is 2.19. The number of rotatable bonds is 6. The average Bonchev–Trinajstić information content (AvgIpc) is 2.40. The van der Waals surface area contributed by atoms with E-state index in [-0.39, 0.29) is 18.3 Å². The predicted octanol–water partition coefficient (Wildman–Crippen LogP) is 0.994. The number of benzene rings is 1. The molecule has 1 aromatic rings. The summed E-state index contributed by atoms with van der Waals surface area (Å²) in [6.07, 6.45) is 0.258. The van der Waals surface area contributed by atoms with Crippen LogP contribution in [0.4, 0.5) is 11.4 Å². The van der Waals surface area contributed by atoms with Crippen molar-refractivity contribution < 1.29 is 14.3 Å². The summed E-state index contributed by atoms with van der Waals surface area (Å²) in [5.41, 5.74) is 7.52. The van der Waals surface area contributed by atoms with E-state index in [2.05, 4.69) is 15.4 Å². The third kappa shape index (κ3) is 4.50. The lowest BCUT2D eigenvalue weighted by Crippen LogP contribution is -2.22. The zero-order valence-electron chi connectivity index (χ0n) is 11.2. The topological polar surface area (TPSA) is 93.5 Å². The fourth-order valence-electron chi connectivity index (χ4n) is 1.53. The van der Waals surface area contributed by atoms with E-state index in [9.17, 15) is 9.59 Å². The second-order valence-corrected chi connectivity index (χ2v) is 3.91. The molecule has 6 nitrogen and oxygen atoms in total. The molecule has 1 aromatic carbocycles. The van der Waals surface area contributed by atoms with Crippen molar-refractivity contribution in [1.82, 2.24) is 5.32 Å². The molecule has 1 amide bonds. The van der Waals surface area contributed by atoms with Gasteiger partial charge in [-0.1, -0.05) is 0 Å². The van der Waals surface area contributed by atoms with Crippen LogP contribution in [0.1, 0.15) is 23.7 Å². The van der Waals surface area contributed by atoms with E-state index < -0.39 is 0 Å². The first-order valence-electron chi connectivity index (χ1n) is 6.07. The third-order valence-corrected chi connectivity index (χ3v) is 2.52. The summed E-state index contributed by atoms with van der Waals surface area (Å²) in [6, 6.07) is 5.00. The number of nitrogens with two attached hydrogens (primary N) is 1. The lowest BCUT2D eigenvalue weighted by molar-refractivity contribution is -0.140. The molecule has 4 N–H and O–H groups in total. The smallest absolute Gasteiger partial charge is 0.307 e. The molecule has 0 aliphatic rings. The molecular formula is C13H19N3O3. The molecule has 0 heterocycles. The van der Waals surface area contributed by atoms with Crippen molar-refractivity contribution in [3.8, 4) is 0 Å². The van der Waals surface area contributed by atoms with Crippen LogP contribution in [0.25, 0.3) is 0 Å². The van der Waals surface area contributed by atoms with Crippen molar-refractivity contribution in [2.75, 3.05) is 31.2 Å². The maximum Gasteiger partial charge on any atom is 0.307 e. The van der Waals surface area contributed by atoms with Crippen LogP contribution in [0.5, 0.6) is 0 Å². The molecule has 0 saturated heterocycles. The first kappa shape index (κ1) is 14.8. The van der Waals surface area contributed by atoms with Crippen molar-refractivity contribution in [2.24, 2.45) is 0 Å². The summed E-state index contributed by atoms with van der Waals surface area (Å²) >= 11 is 0. The van der Waals surface area contributed by atoms with Crippen molar-refractivity contribution in [1.29, 1.82) is 0 Å². The molecule has 0 radical (unpaired) electrons. The quantitative estimate of drug-likeness (QED) is 0.527. The molecule has 1 rings (SSSR count). The molecule has 0 aliphatic heterocycles. The minimum Gasteiger partial charge on any atom is -0.469 e. The lowest BCUT2D eigenvalue weighted by Gasteiger charge is -2.10. The van der Waals surface area contributed by atoms with Crippen LogP contribution in [0.2, 0.25) is 0 Å². The maximum atomic E-state index is 11.6. The summed E-state index contributed by atoms with van der Waals surface area (Å²) in [7, 11) is 1.35. The summed E-state index contributed by atoms with van der Waals surface area (Å²) in [5.74, 6) is -0.444. The van der Waals surface area contributed by atoms with Crippen LogP contribution in [0, 0.1) is 0 Å². The van der Waals surface area contributed by atoms with E-state index in [1.54, 1.807) is 18.2 Å². The molecule has 0 bridgehead atoms. The van der Waals surface area contributed by atoms with Crippen LogP contribution in [-0.4, -0.2) is 32.1 Å². The zero-order valence-corrected chi connectivity index (χ0v) is 11.2. The number of carbonyl (C=O) groups is 2. The Hall–Kier alpha value is -2.24. The van der Waals surface area contributed by atoms with Gasteiger partial charge in [-0.2, -0.15) is 0 Å². The van der Waals surface area contributed by atoms with E-state index in [1.165, 1.54) is 7.11 Å². The van der Waals surface area contributed by atoms with Gasteiger partial charge in [-0.15, -0.1) is 0 Å². The Kier molecular flexibility index (Phi) is 5.66. The molecule has 0 saturated carbocycles. The standard InChI is InChI=1S/C13H19N3O3/c1-3-15-13(18)9-4-5-11(10(14)8-9)16-7-6-12(17)19-2/h4-5,8,16H,3,6-7,14H2,1-2H3,(H,15,18). The molecular weight excluding hydrogens is 246 g/mol. The van der Waals surface area contributed by atoms with Crippen LogP contribution in [0.3, 0.4) is 0 Å². The highest BCUT2D eigenvalue weighted by molar-refractivity contribution is 5.96. The summed E-state index contributed by atoms with van der Waals surface area (Å²) in [5, 5.41) is 5.72. The number of esters is 1. The lowest BCUT2D eigenvalue weighted by atomic mass is 10.1. The molecule has 104 valence electrons. The van der Waals surface area contributed by atoms with Gasteiger partial charge in [0, 0.05) is 18.7 Å². The number of ether oxygens (including phenoxy) is 1. The summed E-state index contributed by atoms with van der Waals surface area (Å²) in [6.45, 7) is 2.85. The Morgan fingerprint density at radius 1 is 1.37 bits per heavy atom. The highest BCUT2D eigenvalue weighted by atomic mass is 16.5. The van der Waals surface area contributed by atoms with Crippen LogP contribution < -0.4 is 16.4 Å². The monoisotopic (exact) mass is 265 g/mol. The molecule has 0 atom stereocenters. The number of nitrogens with one attached hydrogen (secondary N) is 2. The van der Waals surface area contributed by atoms with Gasteiger partial charge in [-0.25, -0.2) is 0 Å². The largest absolute Gasteiger partial charge is 0.469 e. The van der Waals surface area contributed by atoms with Crippen molar-refractivity contribution in [2.45, 2.75) is 13.3 Å². The van der Waals surface area contributed by atoms with E-state index in [0.717, 1.165) is 0 Å². The highest BCUT2D eigenvalue weighted by Gasteiger charge is 2.07. The zero-order chi connectivity index (χ0) is 14.3. The SMILES string of the molecule is CCNC(=O)c1ccc(NCCC(=O)OC)c(N)c1. The summed E-state index contributed by atoms with van der Waals surface area (Å²) < 4.78 is 4.53. The number of hydrogen-bond donors (Lipinski definition) is 3. The second-order valence-electron chi connectivity index (χ2n) is 3.91. The van der Waals surface area contributed by atoms with E-state index in [1.807, 2.05) is 6.92 Å². The number of amides is 1. The maximum absolute atomic E-state index is 11.6. The predicted molar refractivity (Wildman–Crippen MR) is 74.0 cm³/mol. The summed E-state index contributed by atoms with van der Waals surface area (Å²) in [4.78, 5) is 22.6. The number of hydrogen-bond acceptors (Lipinski definition) is 5. The number of carbonyl (C=O) groups excluding carboxylic acids is 2. The van der Waals surface area contributed by atoms with Gasteiger partial charge >= 0.3 is 5.97 Å². The molecule has 0 aromatic heterocycles. The van der Waals surface area contributed by atoms with Gasteiger partial charge < -0.3 is 21.1 Å². The molecule has 19 heavy (non-hydrogen) atoms. The van der Waals surface area contributed by atoms with E-state index in [0.29, 0.717) is 30.0 Å². The van der Waals surface area contributed by atoms with E-state index >= 15 is 0 Å². The van der Waals surface area contributed by atoms with Crippen LogP contribution in [-0.2, 0) is 9.53 Å². The first-order chi connectivity index (χ1) is 9.08. The van der Waals surface area contributed by atoms with Gasteiger partial charge in [0.15, 0.2) is 0 Å². The van der Waals surface area contributed by atoms with Gasteiger partial charge in [0.05, 0.1) is 24.9 Å². The molecule has 0 unspecified atom stereocenters. The van der Waals surface area contributed by atoms with Gasteiger partial charge in [-0.05, 0) is 25.1 Å². The van der Waals surface area contributed by atoms with Gasteiger partial charge in [-0.3, -0.25) is 9.59 Å². The Balaban J connectivity index is 2.62. The minimum atomic E-state index is -0.287. The Morgan fingerprint density at radius 3 is 2.68 bits per heavy atom. The Morgan fingerprint density at radius 2 is 2.11 bits per heavy atom. The number of methoxy groups -OCH3 is 1. The number of anilines is 2. The third-order valence-electron chi connectivity index (χ3n) is 2.52. The van der Waals surface area contributed by atoms with Crippen LogP contribution >= 0.6 is 0 Å². The first-order valence-corrected chi connectivity index (χ1v) is 6.07. The average molecular weight is 265 g/mol. The number of nitrogen functional groups attached to an aromatic ring is 1. The molecule has 0 fully saturated rings. The van der Waals surface area contributed by atoms with Crippen molar-refractivity contribution >= 4 is 23.3 Å². The molecule has 0 aliphatic carbocycles. The van der Waals surface area contributed by atoms with E-state index in [4.69, 9.17) is 5.73 Å². The van der Waals surface area contributed by atoms with Gasteiger partial charge in [0.2, 0.25) is 0 Å². The fraction of sp³-hybridized carbons (Fsp3) is 0.385. The molecule has 6 heteroatoms. The van der Waals surface area contributed by atoms with Crippen molar-refractivity contribution in [3.63, 3.8) is 0 Å². The second kappa shape index (κ2) is 7.25. The molecule has 0 spiro atoms. The Bertz CT molecular complexity index is 460. The normalized spacial score (nSPS) is 9.79. The van der Waals surface area contributed by atoms with Crippen molar-refractivity contribution in [3.05, 3.63) is 23.8 Å². The van der Waals surface area contributed by atoms with Gasteiger partial charge in [0.25, 0.3) is 5.91 Å². The van der Waals surface area contributed by atoms with Crippen LogP contribution in [0.15, 0.2) is 18.2 Å². The fourth-order valence-corrected chi connectivity index (χ4v) is 1.53.